The second-order valence-corrected chi connectivity index (χ2v) is 5.17. The lowest BCUT2D eigenvalue weighted by Crippen LogP contribution is -2.06. The van der Waals surface area contributed by atoms with Gasteiger partial charge in [-0.2, -0.15) is 0 Å². The number of ether oxygens (including phenoxy) is 3. The number of methoxy groups -OCH3 is 3. The van der Waals surface area contributed by atoms with Crippen molar-refractivity contribution in [1.82, 2.24) is 0 Å². The first-order valence-electron chi connectivity index (χ1n) is 7.30. The van der Waals surface area contributed by atoms with Crippen LogP contribution in [0.2, 0.25) is 0 Å². The molecular weight excluding hydrogens is 328 g/mol. The number of phenolic OH excluding ortho intramolecular Hbond substituents is 1. The molecule has 0 aliphatic heterocycles. The number of hydrogen-bond acceptors (Lipinski definition) is 7. The van der Waals surface area contributed by atoms with Gasteiger partial charge in [0.2, 0.25) is 16.9 Å². The molecule has 0 amide bonds. The highest BCUT2D eigenvalue weighted by atomic mass is 16.5. The van der Waals surface area contributed by atoms with E-state index in [9.17, 15) is 15.0 Å². The van der Waals surface area contributed by atoms with Gasteiger partial charge in [0.1, 0.15) is 16.7 Å². The van der Waals surface area contributed by atoms with Gasteiger partial charge in [-0.1, -0.05) is 0 Å². The number of hydrogen-bond donors (Lipinski definition) is 2. The highest BCUT2D eigenvalue weighted by molar-refractivity contribution is 5.91. The highest BCUT2D eigenvalue weighted by Gasteiger charge is 2.24. The Morgan fingerprint density at radius 3 is 2.12 bits per heavy atom. The molecule has 0 unspecified atom stereocenters. The van der Waals surface area contributed by atoms with Gasteiger partial charge in [0.05, 0.1) is 21.3 Å². The first kappa shape index (κ1) is 16.5. The molecule has 7 heteroatoms. The van der Waals surface area contributed by atoms with Crippen molar-refractivity contribution in [3.63, 3.8) is 0 Å². The number of benzene rings is 2. The Balaban J connectivity index is 2.40. The SMILES string of the molecule is COc1cc2oc(-c3ccc(O)cc3)c(O)c(=O)c2c(OC)c1OC. The lowest BCUT2D eigenvalue weighted by Gasteiger charge is -2.15. The molecule has 25 heavy (non-hydrogen) atoms. The van der Waals surface area contributed by atoms with E-state index in [-0.39, 0.29) is 34.0 Å². The normalized spacial score (nSPS) is 10.7. The lowest BCUT2D eigenvalue weighted by molar-refractivity contribution is 0.326. The van der Waals surface area contributed by atoms with Gasteiger partial charge in [-0.3, -0.25) is 4.79 Å². The summed E-state index contributed by atoms with van der Waals surface area (Å²) in [4.78, 5) is 12.7. The van der Waals surface area contributed by atoms with Gasteiger partial charge >= 0.3 is 0 Å². The van der Waals surface area contributed by atoms with Gasteiger partial charge in [-0.25, -0.2) is 0 Å². The van der Waals surface area contributed by atoms with Crippen LogP contribution in [0.5, 0.6) is 28.7 Å². The smallest absolute Gasteiger partial charge is 0.238 e. The van der Waals surface area contributed by atoms with Crippen LogP contribution in [-0.2, 0) is 0 Å². The van der Waals surface area contributed by atoms with Crippen LogP contribution in [0.1, 0.15) is 0 Å². The van der Waals surface area contributed by atoms with Crippen molar-refractivity contribution in [2.45, 2.75) is 0 Å². The first-order valence-corrected chi connectivity index (χ1v) is 7.30. The minimum absolute atomic E-state index is 0.0215. The van der Waals surface area contributed by atoms with E-state index in [1.165, 1.54) is 51.7 Å². The van der Waals surface area contributed by atoms with E-state index in [0.717, 1.165) is 0 Å². The largest absolute Gasteiger partial charge is 0.508 e. The van der Waals surface area contributed by atoms with E-state index in [2.05, 4.69) is 0 Å². The van der Waals surface area contributed by atoms with E-state index in [1.54, 1.807) is 0 Å². The van der Waals surface area contributed by atoms with Gasteiger partial charge in [-0.15, -0.1) is 0 Å². The van der Waals surface area contributed by atoms with Gasteiger partial charge in [-0.05, 0) is 24.3 Å². The maximum Gasteiger partial charge on any atom is 0.238 e. The summed E-state index contributed by atoms with van der Waals surface area (Å²) in [5.74, 6) is 0.118. The van der Waals surface area contributed by atoms with Crippen LogP contribution in [0.3, 0.4) is 0 Å². The minimum Gasteiger partial charge on any atom is -0.508 e. The van der Waals surface area contributed by atoms with E-state index in [1.807, 2.05) is 0 Å². The summed E-state index contributed by atoms with van der Waals surface area (Å²) in [6.45, 7) is 0. The highest BCUT2D eigenvalue weighted by Crippen LogP contribution is 2.44. The van der Waals surface area contributed by atoms with Crippen molar-refractivity contribution < 1.29 is 28.8 Å². The molecule has 0 saturated heterocycles. The Morgan fingerprint density at radius 2 is 1.56 bits per heavy atom. The molecule has 1 heterocycles. The molecule has 0 aliphatic rings. The second kappa shape index (κ2) is 6.27. The van der Waals surface area contributed by atoms with Gasteiger partial charge in [0, 0.05) is 11.6 Å². The van der Waals surface area contributed by atoms with Gasteiger partial charge in [0.25, 0.3) is 0 Å². The van der Waals surface area contributed by atoms with E-state index >= 15 is 0 Å². The molecule has 0 saturated carbocycles. The van der Waals surface area contributed by atoms with Crippen molar-refractivity contribution in [3.05, 3.63) is 40.6 Å². The van der Waals surface area contributed by atoms with Crippen LogP contribution in [0.25, 0.3) is 22.3 Å². The maximum absolute atomic E-state index is 12.7. The standard InChI is InChI=1S/C18H16O7/c1-22-12-8-11-13(18(24-3)17(12)23-2)14(20)15(21)16(25-11)9-4-6-10(19)7-5-9/h4-8,19,21H,1-3H3. The van der Waals surface area contributed by atoms with Crippen LogP contribution in [0.4, 0.5) is 0 Å². The Morgan fingerprint density at radius 1 is 0.920 bits per heavy atom. The molecule has 130 valence electrons. The molecule has 2 aromatic carbocycles. The summed E-state index contributed by atoms with van der Waals surface area (Å²) in [5, 5.41) is 19.8. The van der Waals surface area contributed by atoms with Crippen LogP contribution in [0, 0.1) is 0 Å². The molecule has 1 aromatic heterocycles. The molecule has 0 fully saturated rings. The predicted octanol–water partition coefficient (Wildman–Crippen LogP) is 2.90. The number of rotatable bonds is 4. The van der Waals surface area contributed by atoms with Crippen LogP contribution >= 0.6 is 0 Å². The Hall–Kier alpha value is -3.35. The summed E-state index contributed by atoms with van der Waals surface area (Å²) in [6, 6.07) is 7.39. The Bertz CT molecular complexity index is 987. The van der Waals surface area contributed by atoms with E-state index < -0.39 is 11.2 Å². The first-order chi connectivity index (χ1) is 12.0. The molecule has 0 bridgehead atoms. The van der Waals surface area contributed by atoms with Crippen molar-refractivity contribution in [2.75, 3.05) is 21.3 Å². The number of phenols is 1. The molecule has 0 radical (unpaired) electrons. The van der Waals surface area contributed by atoms with Crippen LogP contribution < -0.4 is 19.6 Å². The van der Waals surface area contributed by atoms with Crippen molar-refractivity contribution in [2.24, 2.45) is 0 Å². The third-order valence-corrected chi connectivity index (χ3v) is 3.79. The predicted molar refractivity (Wildman–Crippen MR) is 90.9 cm³/mol. The summed E-state index contributed by atoms with van der Waals surface area (Å²) < 4.78 is 21.5. The summed E-state index contributed by atoms with van der Waals surface area (Å²) in [7, 11) is 4.24. The average Bonchev–Trinajstić information content (AvgIpc) is 2.63. The summed E-state index contributed by atoms with van der Waals surface area (Å²) in [5.41, 5.74) is -0.0643. The van der Waals surface area contributed by atoms with Crippen molar-refractivity contribution in [3.8, 4) is 40.1 Å². The summed E-state index contributed by atoms with van der Waals surface area (Å²) in [6.07, 6.45) is 0. The van der Waals surface area contributed by atoms with Gasteiger partial charge < -0.3 is 28.8 Å². The maximum atomic E-state index is 12.7. The molecule has 0 spiro atoms. The Kier molecular flexibility index (Phi) is 4.14. The second-order valence-electron chi connectivity index (χ2n) is 5.17. The van der Waals surface area contributed by atoms with E-state index in [4.69, 9.17) is 18.6 Å². The molecule has 0 aliphatic carbocycles. The van der Waals surface area contributed by atoms with Crippen LogP contribution in [-0.4, -0.2) is 31.5 Å². The lowest BCUT2D eigenvalue weighted by atomic mass is 10.1. The average molecular weight is 344 g/mol. The third-order valence-electron chi connectivity index (χ3n) is 3.79. The zero-order chi connectivity index (χ0) is 18.1. The summed E-state index contributed by atoms with van der Waals surface area (Å²) >= 11 is 0. The molecule has 0 atom stereocenters. The fourth-order valence-electron chi connectivity index (χ4n) is 2.62. The van der Waals surface area contributed by atoms with Gasteiger partial charge in [0.15, 0.2) is 17.3 Å². The van der Waals surface area contributed by atoms with Crippen molar-refractivity contribution in [1.29, 1.82) is 0 Å². The van der Waals surface area contributed by atoms with E-state index in [0.29, 0.717) is 11.3 Å². The zero-order valence-electron chi connectivity index (χ0n) is 13.8. The Labute approximate surface area is 142 Å². The number of aromatic hydroxyl groups is 2. The van der Waals surface area contributed by atoms with Crippen molar-refractivity contribution >= 4 is 11.0 Å². The fraction of sp³-hybridized carbons (Fsp3) is 0.167. The molecule has 2 N–H and O–H groups in total. The quantitative estimate of drug-likeness (QED) is 0.751. The minimum atomic E-state index is -0.665. The number of fused-ring (bicyclic) bond motifs is 1. The monoisotopic (exact) mass is 344 g/mol. The third kappa shape index (κ3) is 2.59. The fourth-order valence-corrected chi connectivity index (χ4v) is 2.62. The molecular formula is C18H16O7. The topological polar surface area (TPSA) is 98.4 Å². The molecule has 3 aromatic rings. The molecule has 3 rings (SSSR count). The molecule has 7 nitrogen and oxygen atoms in total. The van der Waals surface area contributed by atoms with Crippen LogP contribution in [0.15, 0.2) is 39.5 Å². The zero-order valence-corrected chi connectivity index (χ0v) is 13.8.